The molecule has 2 aromatic rings. The van der Waals surface area contributed by atoms with Crippen LogP contribution in [0.15, 0.2) is 36.9 Å². The van der Waals surface area contributed by atoms with Gasteiger partial charge in [-0.05, 0) is 43.0 Å². The maximum atomic E-state index is 12.0. The minimum atomic E-state index is -0.0867. The highest BCUT2D eigenvalue weighted by Crippen LogP contribution is 2.31. The molecule has 6 nitrogen and oxygen atoms in total. The van der Waals surface area contributed by atoms with Crippen LogP contribution in [0.3, 0.4) is 0 Å². The van der Waals surface area contributed by atoms with E-state index in [2.05, 4.69) is 15.5 Å². The van der Waals surface area contributed by atoms with Crippen LogP contribution >= 0.6 is 12.4 Å². The Morgan fingerprint density at radius 1 is 1.29 bits per heavy atom. The second kappa shape index (κ2) is 6.69. The van der Waals surface area contributed by atoms with E-state index in [9.17, 15) is 4.79 Å². The molecule has 1 aromatic carbocycles. The lowest BCUT2D eigenvalue weighted by molar-refractivity contribution is 0.0950. The molecule has 112 valence electrons. The van der Waals surface area contributed by atoms with Crippen LogP contribution in [0.2, 0.25) is 0 Å². The number of nitrogens with zero attached hydrogens (tertiary/aromatic N) is 3. The van der Waals surface area contributed by atoms with Gasteiger partial charge in [0, 0.05) is 23.8 Å². The second-order valence-electron chi connectivity index (χ2n) is 5.13. The van der Waals surface area contributed by atoms with E-state index in [0.29, 0.717) is 18.0 Å². The Hall–Kier alpha value is -1.92. The highest BCUT2D eigenvalue weighted by atomic mass is 35.5. The monoisotopic (exact) mass is 307 g/mol. The normalized spacial score (nSPS) is 15.1. The summed E-state index contributed by atoms with van der Waals surface area (Å²) in [6.07, 6.45) is 5.60. The smallest absolute Gasteiger partial charge is 0.251 e. The number of hydrogen-bond acceptors (Lipinski definition) is 4. The van der Waals surface area contributed by atoms with Gasteiger partial charge in [0.15, 0.2) is 0 Å². The summed E-state index contributed by atoms with van der Waals surface area (Å²) in [5, 5.41) is 10.4. The Kier molecular flexibility index (Phi) is 4.93. The Balaban J connectivity index is 0.00000161. The fourth-order valence-electron chi connectivity index (χ4n) is 2.12. The number of carbonyl (C=O) groups is 1. The van der Waals surface area contributed by atoms with Crippen molar-refractivity contribution in [1.82, 2.24) is 20.1 Å². The number of halogens is 1. The minimum Gasteiger partial charge on any atom is -0.350 e. The van der Waals surface area contributed by atoms with Crippen LogP contribution in [-0.2, 0) is 0 Å². The lowest BCUT2D eigenvalue weighted by Gasteiger charge is -2.11. The van der Waals surface area contributed by atoms with Crippen molar-refractivity contribution in [1.29, 1.82) is 0 Å². The summed E-state index contributed by atoms with van der Waals surface area (Å²) in [5.74, 6) is 0.503. The summed E-state index contributed by atoms with van der Waals surface area (Å²) in [7, 11) is 0. The lowest BCUT2D eigenvalue weighted by atomic mass is 10.1. The number of rotatable bonds is 5. The quantitative estimate of drug-likeness (QED) is 0.868. The Morgan fingerprint density at radius 3 is 2.48 bits per heavy atom. The van der Waals surface area contributed by atoms with E-state index in [0.717, 1.165) is 5.69 Å². The summed E-state index contributed by atoms with van der Waals surface area (Å²) < 4.78 is 1.78. The molecule has 0 radical (unpaired) electrons. The highest BCUT2D eigenvalue weighted by molar-refractivity contribution is 5.94. The summed E-state index contributed by atoms with van der Waals surface area (Å²) in [6.45, 7) is 0.538. The number of benzene rings is 1. The second-order valence-corrected chi connectivity index (χ2v) is 5.13. The Bertz CT molecular complexity index is 580. The average Bonchev–Trinajstić information content (AvgIpc) is 3.19. The minimum absolute atomic E-state index is 0. The topological polar surface area (TPSA) is 85.8 Å². The molecular formula is C14H18ClN5O. The van der Waals surface area contributed by atoms with Gasteiger partial charge in [0.25, 0.3) is 5.91 Å². The van der Waals surface area contributed by atoms with Gasteiger partial charge >= 0.3 is 0 Å². The average molecular weight is 308 g/mol. The van der Waals surface area contributed by atoms with Gasteiger partial charge in [-0.15, -0.1) is 22.6 Å². The van der Waals surface area contributed by atoms with Crippen LogP contribution in [0.4, 0.5) is 0 Å². The molecule has 1 unspecified atom stereocenters. The van der Waals surface area contributed by atoms with Gasteiger partial charge < -0.3 is 11.1 Å². The SMILES string of the molecule is Cl.NC(CNC(=O)c1ccc(-n2cnnc2)cc1)C1CC1. The zero-order chi connectivity index (χ0) is 13.9. The number of hydrogen-bond donors (Lipinski definition) is 2. The molecular weight excluding hydrogens is 290 g/mol. The number of nitrogens with one attached hydrogen (secondary N) is 1. The third-order valence-corrected chi connectivity index (χ3v) is 3.57. The van der Waals surface area contributed by atoms with E-state index in [-0.39, 0.29) is 24.4 Å². The fourth-order valence-corrected chi connectivity index (χ4v) is 2.12. The first-order valence-corrected chi connectivity index (χ1v) is 6.73. The molecule has 1 fully saturated rings. The molecule has 7 heteroatoms. The van der Waals surface area contributed by atoms with Crippen LogP contribution in [0.5, 0.6) is 0 Å². The van der Waals surface area contributed by atoms with Crippen molar-refractivity contribution in [3.63, 3.8) is 0 Å². The number of amides is 1. The number of carbonyl (C=O) groups excluding carboxylic acids is 1. The molecule has 0 spiro atoms. The van der Waals surface area contributed by atoms with Crippen molar-refractivity contribution in [3.05, 3.63) is 42.5 Å². The third kappa shape index (κ3) is 3.80. The highest BCUT2D eigenvalue weighted by Gasteiger charge is 2.28. The zero-order valence-corrected chi connectivity index (χ0v) is 12.3. The van der Waals surface area contributed by atoms with Crippen LogP contribution in [0.25, 0.3) is 5.69 Å². The maximum absolute atomic E-state index is 12.0. The molecule has 3 N–H and O–H groups in total. The van der Waals surface area contributed by atoms with Crippen molar-refractivity contribution >= 4 is 18.3 Å². The molecule has 1 saturated carbocycles. The summed E-state index contributed by atoms with van der Waals surface area (Å²) >= 11 is 0. The molecule has 1 heterocycles. The first-order chi connectivity index (χ1) is 9.74. The van der Waals surface area contributed by atoms with Gasteiger partial charge in [-0.25, -0.2) is 0 Å². The van der Waals surface area contributed by atoms with Crippen molar-refractivity contribution in [2.75, 3.05) is 6.54 Å². The van der Waals surface area contributed by atoms with Gasteiger partial charge in [0.05, 0.1) is 0 Å². The first kappa shape index (κ1) is 15.5. The van der Waals surface area contributed by atoms with Gasteiger partial charge in [0.1, 0.15) is 12.7 Å². The summed E-state index contributed by atoms with van der Waals surface area (Å²) in [5.41, 5.74) is 7.51. The molecule has 1 amide bonds. The van der Waals surface area contributed by atoms with E-state index >= 15 is 0 Å². The molecule has 1 aliphatic rings. The molecule has 0 aliphatic heterocycles. The zero-order valence-electron chi connectivity index (χ0n) is 11.5. The predicted octanol–water partition coefficient (Wildman–Crippen LogP) is 1.16. The van der Waals surface area contributed by atoms with Crippen LogP contribution in [0.1, 0.15) is 23.2 Å². The van der Waals surface area contributed by atoms with E-state index in [1.165, 1.54) is 12.8 Å². The number of nitrogens with two attached hydrogens (primary N) is 1. The fraction of sp³-hybridized carbons (Fsp3) is 0.357. The van der Waals surface area contributed by atoms with Crippen molar-refractivity contribution in [2.45, 2.75) is 18.9 Å². The van der Waals surface area contributed by atoms with E-state index in [1.54, 1.807) is 29.4 Å². The van der Waals surface area contributed by atoms with Crippen LogP contribution in [-0.4, -0.2) is 33.3 Å². The first-order valence-electron chi connectivity index (χ1n) is 6.73. The standard InChI is InChI=1S/C14H17N5O.ClH/c15-13(10-1-2-10)7-16-14(20)11-3-5-12(6-4-11)19-8-17-18-9-19;/h3-6,8-10,13H,1-2,7,15H2,(H,16,20);1H. The third-order valence-electron chi connectivity index (χ3n) is 3.57. The van der Waals surface area contributed by atoms with E-state index in [4.69, 9.17) is 5.73 Å². The number of aromatic nitrogens is 3. The van der Waals surface area contributed by atoms with Gasteiger partial charge in [-0.2, -0.15) is 0 Å². The Morgan fingerprint density at radius 2 is 1.90 bits per heavy atom. The largest absolute Gasteiger partial charge is 0.350 e. The molecule has 1 aliphatic carbocycles. The summed E-state index contributed by atoms with van der Waals surface area (Å²) in [4.78, 5) is 12.0. The molecule has 0 saturated heterocycles. The van der Waals surface area contributed by atoms with Crippen molar-refractivity contribution in [2.24, 2.45) is 11.7 Å². The maximum Gasteiger partial charge on any atom is 0.251 e. The molecule has 3 rings (SSSR count). The van der Waals surface area contributed by atoms with Crippen LogP contribution in [0, 0.1) is 5.92 Å². The van der Waals surface area contributed by atoms with E-state index in [1.807, 2.05) is 12.1 Å². The van der Waals surface area contributed by atoms with Crippen molar-refractivity contribution in [3.8, 4) is 5.69 Å². The summed E-state index contributed by atoms with van der Waals surface area (Å²) in [6, 6.07) is 7.37. The molecule has 1 aromatic heterocycles. The van der Waals surface area contributed by atoms with Gasteiger partial charge in [0.2, 0.25) is 0 Å². The van der Waals surface area contributed by atoms with Gasteiger partial charge in [-0.3, -0.25) is 9.36 Å². The van der Waals surface area contributed by atoms with Gasteiger partial charge in [-0.1, -0.05) is 0 Å². The molecule has 21 heavy (non-hydrogen) atoms. The van der Waals surface area contributed by atoms with Crippen LogP contribution < -0.4 is 11.1 Å². The lowest BCUT2D eigenvalue weighted by Crippen LogP contribution is -2.38. The predicted molar refractivity (Wildman–Crippen MR) is 81.6 cm³/mol. The van der Waals surface area contributed by atoms with Crippen molar-refractivity contribution < 1.29 is 4.79 Å². The molecule has 1 atom stereocenters. The van der Waals surface area contributed by atoms with E-state index < -0.39 is 0 Å². The molecule has 0 bridgehead atoms. The Labute approximate surface area is 129 Å².